The Labute approximate surface area is 89.3 Å². The van der Waals surface area contributed by atoms with Gasteiger partial charge in [-0.2, -0.15) is 0 Å². The van der Waals surface area contributed by atoms with Crippen molar-refractivity contribution in [3.63, 3.8) is 0 Å². The van der Waals surface area contributed by atoms with Crippen LogP contribution in [0.5, 0.6) is 0 Å². The molecule has 1 aromatic rings. The first-order valence-corrected chi connectivity index (χ1v) is 5.26. The molecule has 0 unspecified atom stereocenters. The minimum atomic E-state index is -1.03. The maximum absolute atomic E-state index is 10.9. The summed E-state index contributed by atoms with van der Waals surface area (Å²) in [6, 6.07) is 0. The predicted octanol–water partition coefficient (Wildman–Crippen LogP) is 2.52. The monoisotopic (exact) mass is 211 g/mol. The summed E-state index contributed by atoms with van der Waals surface area (Å²) in [6.45, 7) is 6.08. The van der Waals surface area contributed by atoms with Gasteiger partial charge in [-0.1, -0.05) is 27.2 Å². The summed E-state index contributed by atoms with van der Waals surface area (Å²) >= 11 is 0. The number of carboxylic acid groups (broad SMARTS) is 1. The Morgan fingerprint density at radius 2 is 2.20 bits per heavy atom. The van der Waals surface area contributed by atoms with Gasteiger partial charge >= 0.3 is 5.97 Å². The van der Waals surface area contributed by atoms with E-state index in [0.29, 0.717) is 30.3 Å². The van der Waals surface area contributed by atoms with Gasteiger partial charge in [-0.3, -0.25) is 0 Å². The smallest absolute Gasteiger partial charge is 0.373 e. The normalized spacial score (nSPS) is 10.9. The number of hydrogen-bond donors (Lipinski definition) is 1. The summed E-state index contributed by atoms with van der Waals surface area (Å²) in [6.07, 6.45) is 2.21. The van der Waals surface area contributed by atoms with Gasteiger partial charge in [-0.05, 0) is 12.3 Å². The van der Waals surface area contributed by atoms with E-state index in [1.807, 2.05) is 20.8 Å². The Bertz CT molecular complexity index is 342. The van der Waals surface area contributed by atoms with E-state index >= 15 is 0 Å². The third kappa shape index (κ3) is 3.08. The highest BCUT2D eigenvalue weighted by Crippen LogP contribution is 2.15. The molecule has 15 heavy (non-hydrogen) atoms. The second-order valence-corrected chi connectivity index (χ2v) is 4.04. The minimum Gasteiger partial charge on any atom is -0.475 e. The van der Waals surface area contributed by atoms with Gasteiger partial charge in [0, 0.05) is 6.42 Å². The van der Waals surface area contributed by atoms with Crippen molar-refractivity contribution in [1.82, 2.24) is 4.98 Å². The summed E-state index contributed by atoms with van der Waals surface area (Å²) in [5.41, 5.74) is 0.570. The van der Waals surface area contributed by atoms with E-state index in [1.54, 1.807) is 0 Å². The molecule has 84 valence electrons. The first-order chi connectivity index (χ1) is 7.04. The number of aryl methyl sites for hydroxylation is 1. The van der Waals surface area contributed by atoms with Crippen molar-refractivity contribution < 1.29 is 14.3 Å². The van der Waals surface area contributed by atoms with Crippen molar-refractivity contribution in [1.29, 1.82) is 0 Å². The van der Waals surface area contributed by atoms with Crippen LogP contribution in [0.3, 0.4) is 0 Å². The van der Waals surface area contributed by atoms with E-state index in [-0.39, 0.29) is 5.76 Å². The lowest BCUT2D eigenvalue weighted by molar-refractivity contribution is 0.0658. The average molecular weight is 211 g/mol. The molecule has 1 aromatic heterocycles. The molecule has 1 heterocycles. The van der Waals surface area contributed by atoms with Crippen LogP contribution in [0.2, 0.25) is 0 Å². The topological polar surface area (TPSA) is 63.3 Å². The predicted molar refractivity (Wildman–Crippen MR) is 56.0 cm³/mol. The van der Waals surface area contributed by atoms with Gasteiger partial charge < -0.3 is 9.52 Å². The molecule has 4 nitrogen and oxygen atoms in total. The quantitative estimate of drug-likeness (QED) is 0.812. The summed E-state index contributed by atoms with van der Waals surface area (Å²) in [5, 5.41) is 8.91. The van der Waals surface area contributed by atoms with Crippen molar-refractivity contribution >= 4 is 5.97 Å². The number of carbonyl (C=O) groups is 1. The number of nitrogens with zero attached hydrogens (tertiary/aromatic N) is 1. The van der Waals surface area contributed by atoms with Crippen LogP contribution in [-0.2, 0) is 12.8 Å². The largest absolute Gasteiger partial charge is 0.475 e. The van der Waals surface area contributed by atoms with Crippen molar-refractivity contribution in [2.75, 3.05) is 0 Å². The first-order valence-electron chi connectivity index (χ1n) is 5.26. The molecule has 0 aliphatic heterocycles. The molecule has 0 bridgehead atoms. The van der Waals surface area contributed by atoms with Crippen LogP contribution >= 0.6 is 0 Å². The van der Waals surface area contributed by atoms with Crippen LogP contribution in [0, 0.1) is 5.92 Å². The zero-order valence-corrected chi connectivity index (χ0v) is 9.41. The van der Waals surface area contributed by atoms with Gasteiger partial charge in [0.1, 0.15) is 0 Å². The molecule has 0 saturated carbocycles. The summed E-state index contributed by atoms with van der Waals surface area (Å²) in [5.74, 6) is -0.0703. The fraction of sp³-hybridized carbons (Fsp3) is 0.636. The van der Waals surface area contributed by atoms with Gasteiger partial charge in [0.25, 0.3) is 0 Å². The number of oxazole rings is 1. The van der Waals surface area contributed by atoms with Crippen molar-refractivity contribution in [3.8, 4) is 0 Å². The highest BCUT2D eigenvalue weighted by atomic mass is 16.4. The van der Waals surface area contributed by atoms with Gasteiger partial charge in [-0.15, -0.1) is 0 Å². The van der Waals surface area contributed by atoms with Crippen molar-refractivity contribution in [3.05, 3.63) is 17.3 Å². The molecule has 0 amide bonds. The highest BCUT2D eigenvalue weighted by Gasteiger charge is 2.18. The lowest BCUT2D eigenvalue weighted by atomic mass is 10.1. The fourth-order valence-corrected chi connectivity index (χ4v) is 1.41. The highest BCUT2D eigenvalue weighted by molar-refractivity contribution is 5.85. The summed E-state index contributed by atoms with van der Waals surface area (Å²) in [4.78, 5) is 15.1. The molecule has 1 N–H and O–H groups in total. The standard InChI is InChI=1S/C11H17NO3/c1-4-5-8-10(11(13)14)15-9(12-8)6-7(2)3/h7H,4-6H2,1-3H3,(H,13,14). The number of aromatic nitrogens is 1. The van der Waals surface area contributed by atoms with Crippen LogP contribution in [0.1, 0.15) is 49.3 Å². The van der Waals surface area contributed by atoms with E-state index < -0.39 is 5.97 Å². The zero-order valence-electron chi connectivity index (χ0n) is 9.41. The molecular formula is C11H17NO3. The maximum Gasteiger partial charge on any atom is 0.373 e. The number of aromatic carboxylic acids is 1. The lowest BCUT2D eigenvalue weighted by Crippen LogP contribution is -1.99. The second kappa shape index (κ2) is 4.96. The van der Waals surface area contributed by atoms with Crippen LogP contribution in [0.4, 0.5) is 0 Å². The molecule has 0 aliphatic rings. The molecule has 0 radical (unpaired) electrons. The summed E-state index contributed by atoms with van der Waals surface area (Å²) < 4.78 is 5.23. The molecule has 0 spiro atoms. The third-order valence-electron chi connectivity index (χ3n) is 2.01. The molecule has 4 heteroatoms. The maximum atomic E-state index is 10.9. The van der Waals surface area contributed by atoms with Gasteiger partial charge in [-0.25, -0.2) is 9.78 Å². The number of rotatable bonds is 5. The van der Waals surface area contributed by atoms with Crippen molar-refractivity contribution in [2.24, 2.45) is 5.92 Å². The summed E-state index contributed by atoms with van der Waals surface area (Å²) in [7, 11) is 0. The Hall–Kier alpha value is -1.32. The van der Waals surface area contributed by atoms with E-state index in [2.05, 4.69) is 4.98 Å². The van der Waals surface area contributed by atoms with Crippen LogP contribution in [-0.4, -0.2) is 16.1 Å². The zero-order chi connectivity index (χ0) is 11.4. The van der Waals surface area contributed by atoms with Crippen molar-refractivity contribution in [2.45, 2.75) is 40.0 Å². The van der Waals surface area contributed by atoms with E-state index in [9.17, 15) is 4.79 Å². The van der Waals surface area contributed by atoms with E-state index in [4.69, 9.17) is 9.52 Å². The van der Waals surface area contributed by atoms with Gasteiger partial charge in [0.05, 0.1) is 5.69 Å². The van der Waals surface area contributed by atoms with E-state index in [0.717, 1.165) is 6.42 Å². The Morgan fingerprint density at radius 3 is 2.67 bits per heavy atom. The fourth-order valence-electron chi connectivity index (χ4n) is 1.41. The lowest BCUT2D eigenvalue weighted by Gasteiger charge is -1.97. The average Bonchev–Trinajstić information content (AvgIpc) is 2.47. The molecule has 0 aromatic carbocycles. The Morgan fingerprint density at radius 1 is 1.53 bits per heavy atom. The Kier molecular flexibility index (Phi) is 3.88. The molecule has 0 fully saturated rings. The first kappa shape index (κ1) is 11.8. The molecule has 1 rings (SSSR count). The third-order valence-corrected chi connectivity index (χ3v) is 2.01. The molecule has 0 aliphatic carbocycles. The number of hydrogen-bond acceptors (Lipinski definition) is 3. The van der Waals surface area contributed by atoms with Gasteiger partial charge in [0.2, 0.25) is 5.76 Å². The van der Waals surface area contributed by atoms with Crippen LogP contribution in [0.15, 0.2) is 4.42 Å². The minimum absolute atomic E-state index is 0.00694. The molecule has 0 saturated heterocycles. The molecule has 0 atom stereocenters. The number of carboxylic acids is 1. The van der Waals surface area contributed by atoms with E-state index in [1.165, 1.54) is 0 Å². The SMILES string of the molecule is CCCc1nc(CC(C)C)oc1C(=O)O. The van der Waals surface area contributed by atoms with Gasteiger partial charge in [0.15, 0.2) is 5.89 Å². The second-order valence-electron chi connectivity index (χ2n) is 4.04. The molecular weight excluding hydrogens is 194 g/mol. The Balaban J connectivity index is 2.93. The van der Waals surface area contributed by atoms with Crippen LogP contribution in [0.25, 0.3) is 0 Å². The van der Waals surface area contributed by atoms with Crippen LogP contribution < -0.4 is 0 Å².